The van der Waals surface area contributed by atoms with Crippen LogP contribution < -0.4 is 10.1 Å². The molecule has 0 saturated heterocycles. The van der Waals surface area contributed by atoms with Crippen molar-refractivity contribution in [3.8, 4) is 5.82 Å². The van der Waals surface area contributed by atoms with E-state index in [4.69, 9.17) is 9.92 Å². The van der Waals surface area contributed by atoms with Gasteiger partial charge in [-0.2, -0.15) is 5.06 Å². The summed E-state index contributed by atoms with van der Waals surface area (Å²) in [5.74, 6) is 0.914. The summed E-state index contributed by atoms with van der Waals surface area (Å²) < 4.78 is 2.34. The zero-order valence-corrected chi connectivity index (χ0v) is 29.9. The highest BCUT2D eigenvalue weighted by molar-refractivity contribution is 6.09. The molecule has 0 saturated carbocycles. The van der Waals surface area contributed by atoms with Gasteiger partial charge in [0, 0.05) is 24.0 Å². The first-order chi connectivity index (χ1) is 25.3. The third-order valence-corrected chi connectivity index (χ3v) is 10.5. The molecule has 0 fully saturated rings. The lowest BCUT2D eigenvalue weighted by Gasteiger charge is -2.37. The van der Waals surface area contributed by atoms with Crippen LogP contribution in [-0.4, -0.2) is 16.6 Å². The summed E-state index contributed by atoms with van der Waals surface area (Å²) >= 11 is 0. The van der Waals surface area contributed by atoms with Crippen molar-refractivity contribution >= 4 is 38.9 Å². The highest BCUT2D eigenvalue weighted by atomic mass is 16.8. The number of pyridine rings is 1. The van der Waals surface area contributed by atoms with E-state index in [2.05, 4.69) is 183 Å². The number of fused-ring (bicyclic) bond motifs is 4. The Morgan fingerprint density at radius 1 is 0.500 bits per heavy atom. The number of anilines is 3. The summed E-state index contributed by atoms with van der Waals surface area (Å²) in [7, 11) is 1.95. The molecule has 6 aromatic carbocycles. The lowest BCUT2D eigenvalue weighted by Crippen LogP contribution is -2.31. The van der Waals surface area contributed by atoms with Gasteiger partial charge >= 0.3 is 0 Å². The highest BCUT2D eigenvalue weighted by Crippen LogP contribution is 2.49. The van der Waals surface area contributed by atoms with Gasteiger partial charge in [-0.05, 0) is 81.8 Å². The van der Waals surface area contributed by atoms with Crippen molar-refractivity contribution in [1.82, 2.24) is 9.55 Å². The molecule has 0 amide bonds. The Balaban J connectivity index is 1.35. The fourth-order valence-corrected chi connectivity index (χ4v) is 8.00. The molecule has 5 nitrogen and oxygen atoms in total. The van der Waals surface area contributed by atoms with Gasteiger partial charge in [-0.25, -0.2) is 10.0 Å². The van der Waals surface area contributed by atoms with Crippen LogP contribution in [0, 0.1) is 0 Å². The molecule has 0 unspecified atom stereocenters. The third kappa shape index (κ3) is 5.00. The molecule has 9 rings (SSSR count). The van der Waals surface area contributed by atoms with E-state index in [-0.39, 0.29) is 5.41 Å². The number of benzene rings is 6. The monoisotopic (exact) mass is 676 g/mol. The third-order valence-electron chi connectivity index (χ3n) is 10.5. The number of rotatable bonds is 6. The molecule has 0 aliphatic carbocycles. The van der Waals surface area contributed by atoms with Crippen LogP contribution in [0.25, 0.3) is 27.6 Å². The maximum Gasteiger partial charge on any atom is 0.137 e. The van der Waals surface area contributed by atoms with Crippen molar-refractivity contribution in [1.29, 1.82) is 0 Å². The van der Waals surface area contributed by atoms with E-state index < -0.39 is 5.41 Å². The average Bonchev–Trinajstić information content (AvgIpc) is 3.70. The predicted molar refractivity (Wildman–Crippen MR) is 214 cm³/mol. The molecule has 0 atom stereocenters. The Labute approximate surface area is 304 Å². The summed E-state index contributed by atoms with van der Waals surface area (Å²) in [5.41, 5.74) is 10.4. The Morgan fingerprint density at radius 3 is 1.85 bits per heavy atom. The minimum Gasteiger partial charge on any atom is -0.294 e. The van der Waals surface area contributed by atoms with Crippen LogP contribution in [0.15, 0.2) is 170 Å². The van der Waals surface area contributed by atoms with Crippen molar-refractivity contribution in [3.05, 3.63) is 198 Å². The molecule has 0 radical (unpaired) electrons. The van der Waals surface area contributed by atoms with Crippen LogP contribution in [0.4, 0.5) is 17.1 Å². The molecule has 0 bridgehead atoms. The minimum atomic E-state index is -0.681. The number of para-hydroxylation sites is 3. The Bertz CT molecular complexity index is 2530. The molecular weight excluding hydrogens is 637 g/mol. The fourth-order valence-electron chi connectivity index (χ4n) is 8.00. The van der Waals surface area contributed by atoms with Crippen LogP contribution in [0.2, 0.25) is 0 Å². The number of hydrogen-bond donors (Lipinski definition) is 0. The van der Waals surface area contributed by atoms with E-state index in [0.717, 1.165) is 45.0 Å². The van der Waals surface area contributed by atoms with Gasteiger partial charge < -0.3 is 0 Å². The largest absolute Gasteiger partial charge is 0.294 e. The van der Waals surface area contributed by atoms with Crippen molar-refractivity contribution in [2.24, 2.45) is 0 Å². The van der Waals surface area contributed by atoms with E-state index in [1.54, 1.807) is 0 Å². The molecule has 0 N–H and O–H groups in total. The SMILES string of the molecule is CN1ON(c2cccc(C(c3ccccc3)(c3ccccc3)c3ccc4c5ccccc5n(-c5cc(C(C)(C)C)ccn5)c4c3)c2)c2ccccc21. The second-order valence-corrected chi connectivity index (χ2v) is 14.6. The molecule has 3 heterocycles. The molecule has 254 valence electrons. The van der Waals surface area contributed by atoms with E-state index in [1.165, 1.54) is 27.5 Å². The molecule has 2 aromatic heterocycles. The molecular formula is C47H40N4O. The van der Waals surface area contributed by atoms with Crippen LogP contribution >= 0.6 is 0 Å². The van der Waals surface area contributed by atoms with Crippen molar-refractivity contribution in [2.45, 2.75) is 31.6 Å². The zero-order valence-electron chi connectivity index (χ0n) is 29.9. The first-order valence-corrected chi connectivity index (χ1v) is 17.9. The predicted octanol–water partition coefficient (Wildman–Crippen LogP) is 11.3. The van der Waals surface area contributed by atoms with Gasteiger partial charge in [-0.3, -0.25) is 4.57 Å². The van der Waals surface area contributed by atoms with E-state index in [9.17, 15) is 0 Å². The summed E-state index contributed by atoms with van der Waals surface area (Å²) in [6.45, 7) is 6.76. The van der Waals surface area contributed by atoms with E-state index >= 15 is 0 Å². The highest BCUT2D eigenvalue weighted by Gasteiger charge is 2.40. The van der Waals surface area contributed by atoms with Gasteiger partial charge in [0.1, 0.15) is 5.82 Å². The van der Waals surface area contributed by atoms with Gasteiger partial charge in [-0.1, -0.05) is 136 Å². The van der Waals surface area contributed by atoms with Gasteiger partial charge in [-0.15, -0.1) is 4.94 Å². The maximum atomic E-state index is 6.35. The summed E-state index contributed by atoms with van der Waals surface area (Å²) in [6.07, 6.45) is 1.94. The second-order valence-electron chi connectivity index (χ2n) is 14.6. The van der Waals surface area contributed by atoms with Gasteiger partial charge in [0.25, 0.3) is 0 Å². The quantitative estimate of drug-likeness (QED) is 0.164. The van der Waals surface area contributed by atoms with Crippen molar-refractivity contribution < 1.29 is 4.94 Å². The molecule has 1 aliphatic rings. The molecule has 5 heteroatoms. The Kier molecular flexibility index (Phi) is 7.49. The Morgan fingerprint density at radius 2 is 1.12 bits per heavy atom. The Hall–Kier alpha value is -6.17. The summed E-state index contributed by atoms with van der Waals surface area (Å²) in [5, 5.41) is 6.14. The lowest BCUT2D eigenvalue weighted by atomic mass is 9.65. The van der Waals surface area contributed by atoms with Crippen LogP contribution in [-0.2, 0) is 15.8 Å². The van der Waals surface area contributed by atoms with E-state index in [0.29, 0.717) is 0 Å². The topological polar surface area (TPSA) is 33.5 Å². The normalized spacial score (nSPS) is 13.2. The molecule has 1 aliphatic heterocycles. The van der Waals surface area contributed by atoms with Gasteiger partial charge in [0.2, 0.25) is 0 Å². The fraction of sp³-hybridized carbons (Fsp3) is 0.128. The first kappa shape index (κ1) is 31.8. The van der Waals surface area contributed by atoms with Crippen molar-refractivity contribution in [3.63, 3.8) is 0 Å². The van der Waals surface area contributed by atoms with Crippen LogP contribution in [0.3, 0.4) is 0 Å². The number of hydrogen-bond acceptors (Lipinski definition) is 4. The minimum absolute atomic E-state index is 0.0171. The van der Waals surface area contributed by atoms with Crippen molar-refractivity contribution in [2.75, 3.05) is 17.2 Å². The first-order valence-electron chi connectivity index (χ1n) is 17.9. The van der Waals surface area contributed by atoms with Gasteiger partial charge in [0.15, 0.2) is 0 Å². The molecule has 8 aromatic rings. The maximum absolute atomic E-state index is 6.35. The average molecular weight is 677 g/mol. The number of nitrogens with zero attached hydrogens (tertiary/aromatic N) is 4. The summed E-state index contributed by atoms with van der Waals surface area (Å²) in [4.78, 5) is 11.3. The standard InChI is InChI=1S/C47H40N4O/c1-46(2,3)35-28-29-48-45(32-35)50-41-23-12-11-22-39(41)40-27-26-37(31-44(40)50)47(33-16-7-5-8-17-33,34-18-9-6-10-19-34)36-20-15-21-38(30-36)51-43-25-14-13-24-42(43)49(4)52-51/h5-32H,1-4H3. The van der Waals surface area contributed by atoms with E-state index in [1.807, 2.05) is 29.4 Å². The molecule has 0 spiro atoms. The summed E-state index contributed by atoms with van der Waals surface area (Å²) in [6, 6.07) is 58.9. The lowest BCUT2D eigenvalue weighted by molar-refractivity contribution is 0.142. The van der Waals surface area contributed by atoms with Crippen LogP contribution in [0.1, 0.15) is 48.6 Å². The van der Waals surface area contributed by atoms with Gasteiger partial charge in [0.05, 0.1) is 33.5 Å². The number of hydroxylamine groups is 1. The number of aromatic nitrogens is 2. The zero-order chi connectivity index (χ0) is 35.5. The smallest absolute Gasteiger partial charge is 0.137 e. The molecule has 52 heavy (non-hydrogen) atoms. The van der Waals surface area contributed by atoms with Crippen LogP contribution in [0.5, 0.6) is 0 Å². The second kappa shape index (κ2) is 12.3.